The normalized spacial score (nSPS) is 11.5. The lowest BCUT2D eigenvalue weighted by Crippen LogP contribution is -2.34. The molecule has 0 aliphatic carbocycles. The van der Waals surface area contributed by atoms with Gasteiger partial charge in [0.05, 0.1) is 24.2 Å². The fraction of sp³-hybridized carbons (Fsp3) is 0.474. The number of alkyl carbamates (subject to hydrolysis) is 1. The Kier molecular flexibility index (Phi) is 6.18. The lowest BCUT2D eigenvalue weighted by molar-refractivity contribution is 0.0522. The molecule has 0 bridgehead atoms. The third-order valence-corrected chi connectivity index (χ3v) is 3.91. The Labute approximate surface area is 158 Å². The number of nitrogens with zero attached hydrogens (tertiary/aromatic N) is 1. The van der Waals surface area contributed by atoms with Crippen LogP contribution in [0.1, 0.15) is 39.8 Å². The molecule has 1 aromatic carbocycles. The Morgan fingerprint density at radius 1 is 1.27 bits per heavy atom. The smallest absolute Gasteiger partial charge is 0.407 e. The van der Waals surface area contributed by atoms with Crippen LogP contribution in [0.25, 0.3) is 10.8 Å². The first kappa shape index (κ1) is 20.1. The van der Waals surface area contributed by atoms with Gasteiger partial charge < -0.3 is 19.4 Å². The van der Waals surface area contributed by atoms with Gasteiger partial charge in [0, 0.05) is 17.5 Å². The van der Waals surface area contributed by atoms with Crippen molar-refractivity contribution in [1.82, 2.24) is 9.88 Å². The highest BCUT2D eigenvalue weighted by Gasteiger charge is 2.20. The van der Waals surface area contributed by atoms with Crippen LogP contribution in [0.2, 0.25) is 5.02 Å². The van der Waals surface area contributed by atoms with Gasteiger partial charge in [-0.15, -0.1) is 0 Å². The molecule has 1 aromatic heterocycles. The Morgan fingerprint density at radius 3 is 2.58 bits per heavy atom. The first-order valence-corrected chi connectivity index (χ1v) is 8.92. The first-order valence-electron chi connectivity index (χ1n) is 8.54. The van der Waals surface area contributed by atoms with Gasteiger partial charge in [-0.25, -0.2) is 4.79 Å². The van der Waals surface area contributed by atoms with Crippen molar-refractivity contribution in [3.8, 4) is 5.75 Å². The molecule has 0 atom stereocenters. The van der Waals surface area contributed by atoms with E-state index in [1.54, 1.807) is 46.0 Å². The predicted octanol–water partition coefficient (Wildman–Crippen LogP) is 4.01. The summed E-state index contributed by atoms with van der Waals surface area (Å²) < 4.78 is 12.7. The largest absolute Gasteiger partial charge is 0.491 e. The molecule has 0 saturated carbocycles. The molecule has 142 valence electrons. The number of hydrogen-bond donors (Lipinski definition) is 1. The molecule has 0 unspecified atom stereocenters. The average molecular weight is 381 g/mol. The van der Waals surface area contributed by atoms with Crippen LogP contribution in [0.3, 0.4) is 0 Å². The maximum atomic E-state index is 12.7. The molecule has 26 heavy (non-hydrogen) atoms. The summed E-state index contributed by atoms with van der Waals surface area (Å²) >= 11 is 6.12. The van der Waals surface area contributed by atoms with Crippen molar-refractivity contribution in [2.75, 3.05) is 6.61 Å². The van der Waals surface area contributed by atoms with E-state index in [1.807, 2.05) is 6.92 Å². The molecule has 1 amide bonds. The molecule has 0 aliphatic heterocycles. The van der Waals surface area contributed by atoms with Crippen molar-refractivity contribution >= 4 is 28.5 Å². The summed E-state index contributed by atoms with van der Waals surface area (Å²) in [6, 6.07) is 5.07. The molecule has 2 aromatic rings. The predicted molar refractivity (Wildman–Crippen MR) is 103 cm³/mol. The maximum absolute atomic E-state index is 12.7. The van der Waals surface area contributed by atoms with Crippen LogP contribution in [-0.4, -0.2) is 22.9 Å². The summed E-state index contributed by atoms with van der Waals surface area (Å²) in [5.74, 6) is 0.544. The van der Waals surface area contributed by atoms with Crippen LogP contribution < -0.4 is 15.6 Å². The lowest BCUT2D eigenvalue weighted by Gasteiger charge is -2.21. The van der Waals surface area contributed by atoms with E-state index in [0.29, 0.717) is 33.8 Å². The minimum absolute atomic E-state index is 0.0994. The van der Waals surface area contributed by atoms with Crippen molar-refractivity contribution in [3.63, 3.8) is 0 Å². The van der Waals surface area contributed by atoms with Gasteiger partial charge in [-0.1, -0.05) is 18.5 Å². The standard InChI is InChI=1S/C19H25ClN2O4/c1-6-9-25-16-14-10-12(20)7-8-13(14)17(23)22(5)15(16)11-21-18(24)26-19(2,3)4/h7-8,10H,6,9,11H2,1-5H3,(H,21,24). The molecular formula is C19H25ClN2O4. The van der Waals surface area contributed by atoms with Gasteiger partial charge in [-0.05, 0) is 45.4 Å². The van der Waals surface area contributed by atoms with Crippen LogP contribution in [0, 0.1) is 0 Å². The zero-order chi connectivity index (χ0) is 19.5. The molecule has 0 radical (unpaired) electrons. The number of fused-ring (bicyclic) bond motifs is 1. The van der Waals surface area contributed by atoms with Gasteiger partial charge in [0.2, 0.25) is 0 Å². The van der Waals surface area contributed by atoms with Gasteiger partial charge in [-0.2, -0.15) is 0 Å². The van der Waals surface area contributed by atoms with E-state index in [2.05, 4.69) is 5.32 Å². The van der Waals surface area contributed by atoms with Gasteiger partial charge in [-0.3, -0.25) is 4.79 Å². The van der Waals surface area contributed by atoms with E-state index in [1.165, 1.54) is 4.57 Å². The highest BCUT2D eigenvalue weighted by atomic mass is 35.5. The number of benzene rings is 1. The van der Waals surface area contributed by atoms with Crippen LogP contribution in [0.5, 0.6) is 5.75 Å². The van der Waals surface area contributed by atoms with Crippen molar-refractivity contribution in [1.29, 1.82) is 0 Å². The van der Waals surface area contributed by atoms with E-state index in [9.17, 15) is 9.59 Å². The Bertz CT molecular complexity index is 868. The Balaban J connectivity index is 2.47. The van der Waals surface area contributed by atoms with Crippen LogP contribution in [0.15, 0.2) is 23.0 Å². The number of hydrogen-bond acceptors (Lipinski definition) is 4. The molecule has 1 heterocycles. The van der Waals surface area contributed by atoms with Crippen LogP contribution in [-0.2, 0) is 18.3 Å². The lowest BCUT2D eigenvalue weighted by atomic mass is 10.1. The van der Waals surface area contributed by atoms with E-state index in [4.69, 9.17) is 21.1 Å². The summed E-state index contributed by atoms with van der Waals surface area (Å²) in [7, 11) is 1.65. The van der Waals surface area contributed by atoms with Gasteiger partial charge in [0.25, 0.3) is 5.56 Å². The Hall–Kier alpha value is -2.21. The second kappa shape index (κ2) is 7.99. The van der Waals surface area contributed by atoms with E-state index >= 15 is 0 Å². The molecule has 0 spiro atoms. The van der Waals surface area contributed by atoms with Crippen LogP contribution in [0.4, 0.5) is 4.79 Å². The molecular weight excluding hydrogens is 356 g/mol. The number of carbonyl (C=O) groups is 1. The molecule has 1 N–H and O–H groups in total. The molecule has 0 saturated heterocycles. The number of rotatable bonds is 5. The van der Waals surface area contributed by atoms with Crippen molar-refractivity contribution in [2.24, 2.45) is 7.05 Å². The second-order valence-electron chi connectivity index (χ2n) is 7.03. The van der Waals surface area contributed by atoms with E-state index in [0.717, 1.165) is 6.42 Å². The van der Waals surface area contributed by atoms with E-state index < -0.39 is 11.7 Å². The number of aromatic nitrogens is 1. The molecule has 0 fully saturated rings. The third-order valence-electron chi connectivity index (χ3n) is 3.68. The minimum atomic E-state index is -0.603. The SMILES string of the molecule is CCCOc1c(CNC(=O)OC(C)(C)C)n(C)c(=O)c2ccc(Cl)cc12. The van der Waals surface area contributed by atoms with Crippen molar-refractivity contribution in [3.05, 3.63) is 39.3 Å². The molecule has 0 aliphatic rings. The summed E-state index contributed by atoms with van der Waals surface area (Å²) in [6.45, 7) is 7.94. The van der Waals surface area contributed by atoms with Crippen molar-refractivity contribution in [2.45, 2.75) is 46.3 Å². The second-order valence-corrected chi connectivity index (χ2v) is 7.47. The highest BCUT2D eigenvalue weighted by Crippen LogP contribution is 2.30. The van der Waals surface area contributed by atoms with Crippen molar-refractivity contribution < 1.29 is 14.3 Å². The summed E-state index contributed by atoms with van der Waals surface area (Å²) in [5.41, 5.74) is -0.223. The molecule has 6 nitrogen and oxygen atoms in total. The molecule has 7 heteroatoms. The number of amides is 1. The van der Waals surface area contributed by atoms with E-state index in [-0.39, 0.29) is 12.1 Å². The van der Waals surface area contributed by atoms with Gasteiger partial charge in [0.1, 0.15) is 11.4 Å². The highest BCUT2D eigenvalue weighted by molar-refractivity contribution is 6.31. The first-order chi connectivity index (χ1) is 12.1. The zero-order valence-corrected chi connectivity index (χ0v) is 16.6. The molecule has 2 rings (SSSR count). The third kappa shape index (κ3) is 4.69. The van der Waals surface area contributed by atoms with Crippen LogP contribution >= 0.6 is 11.6 Å². The average Bonchev–Trinajstić information content (AvgIpc) is 2.54. The maximum Gasteiger partial charge on any atom is 0.407 e. The zero-order valence-electron chi connectivity index (χ0n) is 15.8. The summed E-state index contributed by atoms with van der Waals surface area (Å²) in [4.78, 5) is 24.7. The number of ether oxygens (including phenoxy) is 2. The summed E-state index contributed by atoms with van der Waals surface area (Å²) in [5, 5.41) is 4.35. The quantitative estimate of drug-likeness (QED) is 0.850. The number of pyridine rings is 1. The number of carbonyl (C=O) groups excluding carboxylic acids is 1. The Morgan fingerprint density at radius 2 is 1.96 bits per heavy atom. The number of halogens is 1. The topological polar surface area (TPSA) is 69.6 Å². The fourth-order valence-corrected chi connectivity index (χ4v) is 2.71. The monoisotopic (exact) mass is 380 g/mol. The summed E-state index contributed by atoms with van der Waals surface area (Å²) in [6.07, 6.45) is 0.252. The minimum Gasteiger partial charge on any atom is -0.491 e. The van der Waals surface area contributed by atoms with Gasteiger partial charge >= 0.3 is 6.09 Å². The van der Waals surface area contributed by atoms with Gasteiger partial charge in [0.15, 0.2) is 0 Å². The fourth-order valence-electron chi connectivity index (χ4n) is 2.54. The number of nitrogens with one attached hydrogen (secondary N) is 1.